The lowest BCUT2D eigenvalue weighted by molar-refractivity contribution is -0.0347. The Morgan fingerprint density at radius 1 is 1.27 bits per heavy atom. The number of fused-ring (bicyclic) bond motifs is 1. The molecule has 0 amide bonds. The third-order valence-electron chi connectivity index (χ3n) is 5.97. The zero-order valence-corrected chi connectivity index (χ0v) is 17.9. The molecule has 30 heavy (non-hydrogen) atoms. The van der Waals surface area contributed by atoms with Crippen molar-refractivity contribution in [3.05, 3.63) is 52.2 Å². The van der Waals surface area contributed by atoms with Gasteiger partial charge in [0.05, 0.1) is 16.8 Å². The second-order valence-electron chi connectivity index (χ2n) is 8.01. The van der Waals surface area contributed by atoms with Crippen LogP contribution in [0.3, 0.4) is 0 Å². The molecule has 2 atom stereocenters. The van der Waals surface area contributed by atoms with Gasteiger partial charge in [0.15, 0.2) is 0 Å². The molecule has 0 unspecified atom stereocenters. The van der Waals surface area contributed by atoms with Crippen LogP contribution in [-0.4, -0.2) is 64.4 Å². The Balaban J connectivity index is 1.45. The minimum absolute atomic E-state index is 0.134. The molecule has 4 rings (SSSR count). The summed E-state index contributed by atoms with van der Waals surface area (Å²) in [6.45, 7) is 7.15. The van der Waals surface area contributed by atoms with Gasteiger partial charge < -0.3 is 15.7 Å². The third-order valence-corrected chi connectivity index (χ3v) is 6.28. The van der Waals surface area contributed by atoms with Crippen LogP contribution in [0.15, 0.2) is 24.5 Å². The fourth-order valence-electron chi connectivity index (χ4n) is 4.46. The standard InChI is InChI=1S/C21H28ClFN6O/c1-14-10-18(30)20-19(14)21(26-13-25-20)27-6-8-28(9-7-27)29(5-4-24)12-15-2-3-16(22)17(23)11-15/h2-3,11,13-14,18,30H,4-10,12,24H2,1H3/t14-,18-/m1/s1. The second-order valence-corrected chi connectivity index (χ2v) is 8.42. The van der Waals surface area contributed by atoms with Crippen molar-refractivity contribution in [1.29, 1.82) is 0 Å². The number of hydrogen-bond donors (Lipinski definition) is 2. The summed E-state index contributed by atoms with van der Waals surface area (Å²) in [5.41, 5.74) is 8.55. The number of benzene rings is 1. The first-order valence-corrected chi connectivity index (χ1v) is 10.8. The second kappa shape index (κ2) is 9.11. The molecule has 3 N–H and O–H groups in total. The highest BCUT2D eigenvalue weighted by Crippen LogP contribution is 2.42. The molecule has 2 aliphatic rings. The minimum Gasteiger partial charge on any atom is -0.387 e. The number of nitrogens with two attached hydrogens (primary N) is 1. The van der Waals surface area contributed by atoms with Gasteiger partial charge in [-0.2, -0.15) is 0 Å². The fraction of sp³-hybridized carbons (Fsp3) is 0.524. The van der Waals surface area contributed by atoms with E-state index < -0.39 is 11.9 Å². The quantitative estimate of drug-likeness (QED) is 0.721. The Morgan fingerprint density at radius 3 is 2.73 bits per heavy atom. The normalized spacial score (nSPS) is 22.0. The van der Waals surface area contributed by atoms with E-state index in [1.807, 2.05) is 6.07 Å². The maximum atomic E-state index is 13.8. The molecule has 1 aliphatic carbocycles. The van der Waals surface area contributed by atoms with Crippen molar-refractivity contribution in [2.45, 2.75) is 31.9 Å². The summed E-state index contributed by atoms with van der Waals surface area (Å²) in [4.78, 5) is 11.1. The number of hydrogen-bond acceptors (Lipinski definition) is 7. The molecule has 2 aromatic rings. The van der Waals surface area contributed by atoms with Crippen molar-refractivity contribution < 1.29 is 9.50 Å². The van der Waals surface area contributed by atoms with E-state index in [1.165, 1.54) is 6.07 Å². The van der Waals surface area contributed by atoms with Gasteiger partial charge in [0.1, 0.15) is 18.0 Å². The van der Waals surface area contributed by atoms with E-state index >= 15 is 0 Å². The molecule has 0 bridgehead atoms. The highest BCUT2D eigenvalue weighted by molar-refractivity contribution is 6.30. The summed E-state index contributed by atoms with van der Waals surface area (Å²) in [6, 6.07) is 4.93. The van der Waals surface area contributed by atoms with Crippen molar-refractivity contribution in [3.8, 4) is 0 Å². The van der Waals surface area contributed by atoms with Crippen LogP contribution in [0, 0.1) is 5.82 Å². The predicted octanol–water partition coefficient (Wildman–Crippen LogP) is 2.31. The largest absolute Gasteiger partial charge is 0.387 e. The van der Waals surface area contributed by atoms with Gasteiger partial charge in [0, 0.05) is 51.4 Å². The molecule has 0 spiro atoms. The summed E-state index contributed by atoms with van der Waals surface area (Å²) in [5, 5.41) is 14.8. The monoisotopic (exact) mass is 434 g/mol. The zero-order valence-electron chi connectivity index (χ0n) is 17.1. The van der Waals surface area contributed by atoms with E-state index in [1.54, 1.807) is 12.4 Å². The van der Waals surface area contributed by atoms with Gasteiger partial charge in [0.25, 0.3) is 0 Å². The molecule has 0 saturated carbocycles. The van der Waals surface area contributed by atoms with Gasteiger partial charge in [-0.05, 0) is 30.0 Å². The van der Waals surface area contributed by atoms with Crippen molar-refractivity contribution >= 4 is 17.4 Å². The lowest BCUT2D eigenvalue weighted by Crippen LogP contribution is -2.54. The van der Waals surface area contributed by atoms with E-state index in [0.29, 0.717) is 26.1 Å². The number of anilines is 1. The number of hydrazine groups is 1. The maximum Gasteiger partial charge on any atom is 0.142 e. The summed E-state index contributed by atoms with van der Waals surface area (Å²) in [6.07, 6.45) is 1.75. The highest BCUT2D eigenvalue weighted by atomic mass is 35.5. The Hall–Kier alpha value is -1.84. The van der Waals surface area contributed by atoms with Crippen molar-refractivity contribution in [3.63, 3.8) is 0 Å². The molecule has 0 radical (unpaired) electrons. The van der Waals surface area contributed by atoms with Crippen LogP contribution in [0.4, 0.5) is 10.2 Å². The molecule has 7 nitrogen and oxygen atoms in total. The maximum absolute atomic E-state index is 13.8. The molecular formula is C21H28ClFN6O. The van der Waals surface area contributed by atoms with Crippen LogP contribution in [0.2, 0.25) is 5.02 Å². The average Bonchev–Trinajstić information content (AvgIpc) is 3.04. The van der Waals surface area contributed by atoms with Crippen LogP contribution in [0.25, 0.3) is 0 Å². The highest BCUT2D eigenvalue weighted by Gasteiger charge is 2.34. The molecule has 2 heterocycles. The Bertz CT molecular complexity index is 892. The van der Waals surface area contributed by atoms with E-state index in [2.05, 4.69) is 31.8 Å². The van der Waals surface area contributed by atoms with Gasteiger partial charge in [-0.1, -0.05) is 24.6 Å². The summed E-state index contributed by atoms with van der Waals surface area (Å²) in [5.74, 6) is 0.784. The summed E-state index contributed by atoms with van der Waals surface area (Å²) < 4.78 is 13.8. The number of nitrogens with zero attached hydrogens (tertiary/aromatic N) is 5. The Kier molecular flexibility index (Phi) is 6.50. The predicted molar refractivity (Wildman–Crippen MR) is 115 cm³/mol. The number of aliphatic hydroxyl groups is 1. The van der Waals surface area contributed by atoms with Crippen molar-refractivity contribution in [1.82, 2.24) is 20.0 Å². The summed E-state index contributed by atoms with van der Waals surface area (Å²) >= 11 is 5.81. The lowest BCUT2D eigenvalue weighted by Gasteiger charge is -2.42. The van der Waals surface area contributed by atoms with E-state index in [0.717, 1.165) is 48.8 Å². The number of halogens is 2. The van der Waals surface area contributed by atoms with E-state index in [4.69, 9.17) is 17.3 Å². The van der Waals surface area contributed by atoms with Gasteiger partial charge in [0.2, 0.25) is 0 Å². The smallest absolute Gasteiger partial charge is 0.142 e. The van der Waals surface area contributed by atoms with Crippen LogP contribution >= 0.6 is 11.6 Å². The third kappa shape index (κ3) is 4.29. The average molecular weight is 435 g/mol. The van der Waals surface area contributed by atoms with Crippen LogP contribution in [0.5, 0.6) is 0 Å². The molecule has 1 aromatic heterocycles. The fourth-order valence-corrected chi connectivity index (χ4v) is 4.58. The van der Waals surface area contributed by atoms with E-state index in [-0.39, 0.29) is 10.9 Å². The minimum atomic E-state index is -0.502. The first kappa shape index (κ1) is 21.4. The van der Waals surface area contributed by atoms with Crippen LogP contribution < -0.4 is 10.6 Å². The number of aromatic nitrogens is 2. The molecule has 1 fully saturated rings. The topological polar surface area (TPSA) is 81.8 Å². The number of rotatable bonds is 6. The SMILES string of the molecule is C[C@@H]1C[C@@H](O)c2ncnc(N3CCN(N(CCN)Cc4ccc(Cl)c(F)c4)CC3)c21. The zero-order chi connectivity index (χ0) is 21.3. The molecule has 1 aliphatic heterocycles. The molecule has 9 heteroatoms. The number of aliphatic hydroxyl groups excluding tert-OH is 1. The van der Waals surface area contributed by atoms with Crippen LogP contribution in [0.1, 0.15) is 42.2 Å². The van der Waals surface area contributed by atoms with Gasteiger partial charge in [-0.25, -0.2) is 24.4 Å². The van der Waals surface area contributed by atoms with Gasteiger partial charge in [-0.3, -0.25) is 0 Å². The Labute approximate surface area is 181 Å². The van der Waals surface area contributed by atoms with Crippen LogP contribution in [-0.2, 0) is 6.54 Å². The molecular weight excluding hydrogens is 407 g/mol. The number of piperazine rings is 1. The first-order valence-electron chi connectivity index (χ1n) is 10.4. The van der Waals surface area contributed by atoms with E-state index in [9.17, 15) is 9.50 Å². The first-order chi connectivity index (χ1) is 14.5. The lowest BCUT2D eigenvalue weighted by atomic mass is 10.1. The van der Waals surface area contributed by atoms with Crippen molar-refractivity contribution in [2.75, 3.05) is 44.2 Å². The van der Waals surface area contributed by atoms with Crippen molar-refractivity contribution in [2.24, 2.45) is 5.73 Å². The molecule has 1 saturated heterocycles. The van der Waals surface area contributed by atoms with Gasteiger partial charge in [-0.15, -0.1) is 0 Å². The van der Waals surface area contributed by atoms with Gasteiger partial charge >= 0.3 is 0 Å². The Morgan fingerprint density at radius 2 is 2.03 bits per heavy atom. The summed E-state index contributed by atoms with van der Waals surface area (Å²) in [7, 11) is 0. The molecule has 1 aromatic carbocycles. The molecule has 162 valence electrons.